The average molecular weight is 268 g/mol. The van der Waals surface area contributed by atoms with Gasteiger partial charge in [-0.2, -0.15) is 0 Å². The molecular weight excluding hydrogens is 244 g/mol. The molecule has 1 aromatic carbocycles. The molecule has 100 valence electrons. The molecule has 1 aliphatic carbocycles. The first-order valence-corrected chi connectivity index (χ1v) is 10.0. The van der Waals surface area contributed by atoms with Crippen LogP contribution >= 0.6 is 0 Å². The lowest BCUT2D eigenvalue weighted by Gasteiger charge is -2.33. The normalized spacial score (nSPS) is 25.8. The van der Waals surface area contributed by atoms with Gasteiger partial charge in [0.2, 0.25) is 0 Å². The third-order valence-electron chi connectivity index (χ3n) is 5.25. The van der Waals surface area contributed by atoms with Crippen molar-refractivity contribution in [2.24, 2.45) is 5.92 Å². The molecule has 1 heteroatoms. The molecule has 1 saturated heterocycles. The molecule has 0 radical (unpaired) electrons. The summed E-state index contributed by atoms with van der Waals surface area (Å²) >= 11 is 0. The van der Waals surface area contributed by atoms with Crippen molar-refractivity contribution < 1.29 is 0 Å². The summed E-state index contributed by atoms with van der Waals surface area (Å²) in [7, 11) is -1.42. The molecule has 19 heavy (non-hydrogen) atoms. The average Bonchev–Trinajstić information content (AvgIpc) is 2.98. The standard InChI is InChI=1S/C18H24Si/c1-14-13-15(2)18(16(14)3)19(11-7-8-12-19)17-9-5-4-6-10-17/h4-6,9-10,13,15H,7-8,11-12H2,1-3H3. The summed E-state index contributed by atoms with van der Waals surface area (Å²) in [4.78, 5) is 0. The van der Waals surface area contributed by atoms with Crippen LogP contribution in [0.25, 0.3) is 0 Å². The second-order valence-electron chi connectivity index (χ2n) is 6.33. The molecule has 0 saturated carbocycles. The summed E-state index contributed by atoms with van der Waals surface area (Å²) in [5.74, 6) is 0.671. The summed E-state index contributed by atoms with van der Waals surface area (Å²) in [6, 6.07) is 14.4. The van der Waals surface area contributed by atoms with Crippen LogP contribution in [-0.2, 0) is 0 Å². The first-order chi connectivity index (χ1) is 9.15. The predicted octanol–water partition coefficient (Wildman–Crippen LogP) is 4.59. The van der Waals surface area contributed by atoms with Crippen molar-refractivity contribution >= 4 is 13.3 Å². The third-order valence-corrected chi connectivity index (χ3v) is 11.0. The molecule has 1 aromatic rings. The molecule has 3 rings (SSSR count). The van der Waals surface area contributed by atoms with Crippen LogP contribution in [0.3, 0.4) is 0 Å². The number of allylic oxidation sites excluding steroid dienone is 4. The van der Waals surface area contributed by atoms with Crippen molar-refractivity contribution in [3.8, 4) is 0 Å². The molecule has 1 fully saturated rings. The van der Waals surface area contributed by atoms with Gasteiger partial charge in [-0.1, -0.05) is 77.7 Å². The van der Waals surface area contributed by atoms with Gasteiger partial charge in [0.05, 0.1) is 0 Å². The Balaban J connectivity index is 2.14. The minimum Gasteiger partial charge on any atom is -0.0748 e. The van der Waals surface area contributed by atoms with E-state index in [-0.39, 0.29) is 0 Å². The van der Waals surface area contributed by atoms with E-state index in [4.69, 9.17) is 0 Å². The molecule has 0 N–H and O–H groups in total. The van der Waals surface area contributed by atoms with Crippen LogP contribution in [0, 0.1) is 5.92 Å². The largest absolute Gasteiger partial charge is 0.114 e. The van der Waals surface area contributed by atoms with E-state index in [1.54, 1.807) is 10.8 Å². The minimum atomic E-state index is -1.42. The monoisotopic (exact) mass is 268 g/mol. The van der Waals surface area contributed by atoms with Gasteiger partial charge < -0.3 is 0 Å². The Bertz CT molecular complexity index is 530. The van der Waals surface area contributed by atoms with Crippen LogP contribution < -0.4 is 5.19 Å². The van der Waals surface area contributed by atoms with E-state index < -0.39 is 8.07 Å². The van der Waals surface area contributed by atoms with Crippen LogP contribution in [-0.4, -0.2) is 8.07 Å². The molecule has 1 unspecified atom stereocenters. The molecule has 0 nitrogen and oxygen atoms in total. The highest BCUT2D eigenvalue weighted by atomic mass is 28.3. The SMILES string of the molecule is CC1=CC(C)C([Si]2(c3ccccc3)CCCC2)=C1C. The van der Waals surface area contributed by atoms with Crippen molar-refractivity contribution in [2.45, 2.75) is 45.7 Å². The fourth-order valence-corrected chi connectivity index (χ4v) is 10.5. The molecule has 1 atom stereocenters. The number of hydrogen-bond donors (Lipinski definition) is 0. The number of benzene rings is 1. The first kappa shape index (κ1) is 12.9. The number of rotatable bonds is 2. The highest BCUT2D eigenvalue weighted by molar-refractivity contribution is 6.98. The van der Waals surface area contributed by atoms with E-state index in [2.05, 4.69) is 57.2 Å². The number of hydrogen-bond acceptors (Lipinski definition) is 0. The maximum Gasteiger partial charge on any atom is 0.114 e. The van der Waals surface area contributed by atoms with Crippen LogP contribution in [0.15, 0.2) is 52.8 Å². The second-order valence-corrected chi connectivity index (χ2v) is 10.6. The fourth-order valence-electron chi connectivity index (χ4n) is 4.38. The zero-order valence-electron chi connectivity index (χ0n) is 12.4. The highest BCUT2D eigenvalue weighted by Gasteiger charge is 2.44. The maximum atomic E-state index is 2.49. The summed E-state index contributed by atoms with van der Waals surface area (Å²) in [5.41, 5.74) is 3.14. The lowest BCUT2D eigenvalue weighted by Crippen LogP contribution is -2.48. The van der Waals surface area contributed by atoms with E-state index in [0.29, 0.717) is 5.92 Å². The zero-order valence-corrected chi connectivity index (χ0v) is 13.4. The van der Waals surface area contributed by atoms with Gasteiger partial charge in [0.1, 0.15) is 8.07 Å². The lowest BCUT2D eigenvalue weighted by atomic mass is 10.2. The van der Waals surface area contributed by atoms with Crippen LogP contribution in [0.1, 0.15) is 33.6 Å². The van der Waals surface area contributed by atoms with E-state index in [0.717, 1.165) is 0 Å². The topological polar surface area (TPSA) is 0 Å². The van der Waals surface area contributed by atoms with Crippen molar-refractivity contribution in [1.82, 2.24) is 0 Å². The maximum absolute atomic E-state index is 2.49. The Hall–Kier alpha value is -1.08. The van der Waals surface area contributed by atoms with Crippen LogP contribution in [0.2, 0.25) is 12.1 Å². The molecular formula is C18H24Si. The summed E-state index contributed by atoms with van der Waals surface area (Å²) in [5, 5.41) is 3.52. The molecule has 1 aliphatic heterocycles. The summed E-state index contributed by atoms with van der Waals surface area (Å²) in [6.07, 6.45) is 5.36. The summed E-state index contributed by atoms with van der Waals surface area (Å²) < 4.78 is 0. The van der Waals surface area contributed by atoms with Gasteiger partial charge in [-0.25, -0.2) is 0 Å². The van der Waals surface area contributed by atoms with Crippen molar-refractivity contribution in [3.05, 3.63) is 52.8 Å². The molecule has 0 spiro atoms. The Morgan fingerprint density at radius 3 is 2.16 bits per heavy atom. The zero-order chi connectivity index (χ0) is 13.5. The van der Waals surface area contributed by atoms with Gasteiger partial charge >= 0.3 is 0 Å². The highest BCUT2D eigenvalue weighted by Crippen LogP contribution is 2.44. The predicted molar refractivity (Wildman–Crippen MR) is 86.3 cm³/mol. The Morgan fingerprint density at radius 2 is 1.63 bits per heavy atom. The van der Waals surface area contributed by atoms with Crippen molar-refractivity contribution in [2.75, 3.05) is 0 Å². The van der Waals surface area contributed by atoms with E-state index in [9.17, 15) is 0 Å². The van der Waals surface area contributed by atoms with Gasteiger partial charge in [0, 0.05) is 0 Å². The molecule has 0 bridgehead atoms. The second kappa shape index (κ2) is 4.79. The van der Waals surface area contributed by atoms with Crippen LogP contribution in [0.4, 0.5) is 0 Å². The van der Waals surface area contributed by atoms with E-state index in [1.165, 1.54) is 30.5 Å². The van der Waals surface area contributed by atoms with E-state index >= 15 is 0 Å². The van der Waals surface area contributed by atoms with E-state index in [1.807, 2.05) is 5.20 Å². The van der Waals surface area contributed by atoms with Gasteiger partial charge in [0.15, 0.2) is 0 Å². The third kappa shape index (κ3) is 1.95. The molecule has 2 aliphatic rings. The quantitative estimate of drug-likeness (QED) is 0.688. The molecule has 1 heterocycles. The van der Waals surface area contributed by atoms with Crippen LogP contribution in [0.5, 0.6) is 0 Å². The van der Waals surface area contributed by atoms with Gasteiger partial charge in [-0.05, 0) is 31.9 Å². The fraction of sp³-hybridized carbons (Fsp3) is 0.444. The van der Waals surface area contributed by atoms with Gasteiger partial charge in [-0.15, -0.1) is 0 Å². The first-order valence-electron chi connectivity index (χ1n) is 7.61. The van der Waals surface area contributed by atoms with Gasteiger partial charge in [-0.3, -0.25) is 0 Å². The smallest absolute Gasteiger partial charge is 0.0748 e. The Morgan fingerprint density at radius 1 is 1.00 bits per heavy atom. The Kier molecular flexibility index (Phi) is 3.26. The van der Waals surface area contributed by atoms with Crippen molar-refractivity contribution in [3.63, 3.8) is 0 Å². The Labute approximate surface area is 118 Å². The van der Waals surface area contributed by atoms with Gasteiger partial charge in [0.25, 0.3) is 0 Å². The lowest BCUT2D eigenvalue weighted by molar-refractivity contribution is 0.915. The van der Waals surface area contributed by atoms with Crippen molar-refractivity contribution in [1.29, 1.82) is 0 Å². The minimum absolute atomic E-state index is 0.671. The summed E-state index contributed by atoms with van der Waals surface area (Å²) in [6.45, 7) is 7.06. The molecule has 0 amide bonds. The molecule has 0 aromatic heterocycles.